The summed E-state index contributed by atoms with van der Waals surface area (Å²) in [5.74, 6) is 0.949. The van der Waals surface area contributed by atoms with E-state index in [1.807, 2.05) is 29.6 Å². The number of aliphatic hydroxyl groups is 1. The number of aromatic nitrogens is 3. The van der Waals surface area contributed by atoms with E-state index in [0.29, 0.717) is 32.8 Å². The fraction of sp³-hybridized carbons (Fsp3) is 0.125. The molecule has 8 nitrogen and oxygen atoms in total. The van der Waals surface area contributed by atoms with Crippen LogP contribution in [0.15, 0.2) is 53.0 Å². The van der Waals surface area contributed by atoms with Gasteiger partial charge in [0.15, 0.2) is 0 Å². The van der Waals surface area contributed by atoms with Crippen LogP contribution in [0.4, 0.5) is 11.5 Å². The molecule has 11 heteroatoms. The average molecular weight is 521 g/mol. The Hall–Kier alpha value is -3.67. The number of aliphatic hydroxyl groups excluding tert-OH is 1. The van der Waals surface area contributed by atoms with Gasteiger partial charge in [-0.15, -0.1) is 11.3 Å². The third-order valence-corrected chi connectivity index (χ3v) is 6.94. The number of anilines is 1. The highest BCUT2D eigenvalue weighted by atomic mass is 35.5. The second-order valence-electron chi connectivity index (χ2n) is 7.02. The van der Waals surface area contributed by atoms with Gasteiger partial charge in [-0.3, -0.25) is 4.98 Å². The van der Waals surface area contributed by atoms with E-state index in [2.05, 4.69) is 25.9 Å². The van der Waals surface area contributed by atoms with E-state index >= 15 is 0 Å². The van der Waals surface area contributed by atoms with Gasteiger partial charge < -0.3 is 15.6 Å². The van der Waals surface area contributed by atoms with Gasteiger partial charge in [-0.25, -0.2) is 14.8 Å². The average Bonchev–Trinajstić information content (AvgIpc) is 3.35. The smallest absolute Gasteiger partial charge is 0.238 e. The fourth-order valence-electron chi connectivity index (χ4n) is 3.16. The van der Waals surface area contributed by atoms with Crippen LogP contribution in [0.2, 0.25) is 5.02 Å². The van der Waals surface area contributed by atoms with Crippen LogP contribution in [-0.4, -0.2) is 33.3 Å². The molecule has 0 aliphatic carbocycles. The summed E-state index contributed by atoms with van der Waals surface area (Å²) in [5.41, 5.74) is 8.91. The largest absolute Gasteiger partial charge is 0.490 e. The van der Waals surface area contributed by atoms with Crippen molar-refractivity contribution in [2.45, 2.75) is 10.8 Å². The predicted octanol–water partition coefficient (Wildman–Crippen LogP) is 5.59. The minimum absolute atomic E-state index is 0.0269. The third kappa shape index (κ3) is 5.53. The van der Waals surface area contributed by atoms with Crippen LogP contribution in [0.25, 0.3) is 26.7 Å². The van der Waals surface area contributed by atoms with Crippen LogP contribution in [-0.2, 0) is 5.75 Å². The van der Waals surface area contributed by atoms with Crippen molar-refractivity contribution in [1.29, 1.82) is 5.26 Å². The van der Waals surface area contributed by atoms with Crippen molar-refractivity contribution in [1.82, 2.24) is 15.0 Å². The molecule has 0 atom stereocenters. The first kappa shape index (κ1) is 24.5. The maximum atomic E-state index is 9.96. The van der Waals surface area contributed by atoms with Gasteiger partial charge in [0.05, 0.1) is 36.3 Å². The van der Waals surface area contributed by atoms with Crippen LogP contribution in [0.5, 0.6) is 5.75 Å². The number of nitriles is 1. The van der Waals surface area contributed by atoms with Crippen molar-refractivity contribution in [2.24, 2.45) is 0 Å². The Morgan fingerprint density at radius 3 is 2.69 bits per heavy atom. The Morgan fingerprint density at radius 2 is 2.03 bits per heavy atom. The van der Waals surface area contributed by atoms with Gasteiger partial charge in [-0.05, 0) is 24.3 Å². The second-order valence-corrected chi connectivity index (χ2v) is 9.27. The Morgan fingerprint density at radius 1 is 1.23 bits per heavy atom. The number of nitrogen functional groups attached to an aromatic ring is 1. The number of hydrogen-bond donors (Lipinski definition) is 2. The second kappa shape index (κ2) is 11.2. The summed E-state index contributed by atoms with van der Waals surface area (Å²) >= 11 is 8.80. The van der Waals surface area contributed by atoms with Gasteiger partial charge in [0.2, 0.25) is 5.69 Å². The van der Waals surface area contributed by atoms with Gasteiger partial charge in [-0.2, -0.15) is 5.26 Å². The van der Waals surface area contributed by atoms with Crippen LogP contribution in [0, 0.1) is 17.9 Å². The summed E-state index contributed by atoms with van der Waals surface area (Å²) in [6, 6.07) is 12.9. The molecular weight excluding hydrogens is 504 g/mol. The van der Waals surface area contributed by atoms with Crippen LogP contribution >= 0.6 is 34.7 Å². The first-order valence-corrected chi connectivity index (χ1v) is 12.4. The molecule has 35 heavy (non-hydrogen) atoms. The third-order valence-electron chi connectivity index (χ3n) is 4.74. The highest BCUT2D eigenvalue weighted by molar-refractivity contribution is 7.98. The van der Waals surface area contributed by atoms with Gasteiger partial charge >= 0.3 is 0 Å². The highest BCUT2D eigenvalue weighted by Crippen LogP contribution is 2.41. The molecule has 0 unspecified atom stereocenters. The zero-order valence-electron chi connectivity index (χ0n) is 18.1. The summed E-state index contributed by atoms with van der Waals surface area (Å²) in [6.07, 6.45) is 1.47. The summed E-state index contributed by atoms with van der Waals surface area (Å²) in [6.45, 7) is 7.59. The van der Waals surface area contributed by atoms with E-state index in [9.17, 15) is 5.26 Å². The zero-order valence-corrected chi connectivity index (χ0v) is 20.5. The molecule has 3 heterocycles. The lowest BCUT2D eigenvalue weighted by molar-refractivity contribution is 0.201. The Kier molecular flexibility index (Phi) is 7.80. The van der Waals surface area contributed by atoms with Gasteiger partial charge in [0.25, 0.3) is 0 Å². The molecule has 174 valence electrons. The quantitative estimate of drug-likeness (QED) is 0.228. The van der Waals surface area contributed by atoms with E-state index in [1.54, 1.807) is 12.1 Å². The number of nitrogens with two attached hydrogens (primary N) is 1. The van der Waals surface area contributed by atoms with Crippen LogP contribution < -0.4 is 10.5 Å². The fourth-order valence-corrected chi connectivity index (χ4v) is 5.10. The number of rotatable bonds is 8. The molecule has 0 bridgehead atoms. The number of pyridine rings is 2. The van der Waals surface area contributed by atoms with Gasteiger partial charge in [0, 0.05) is 27.3 Å². The van der Waals surface area contributed by atoms with E-state index in [-0.39, 0.29) is 30.3 Å². The van der Waals surface area contributed by atoms with Crippen molar-refractivity contribution in [3.8, 4) is 33.6 Å². The number of ether oxygens (including phenoxy) is 1. The topological polar surface area (TPSA) is 122 Å². The number of thioether (sulfide) groups is 1. The molecule has 4 rings (SSSR count). The number of thiazole rings is 1. The van der Waals surface area contributed by atoms with Crippen LogP contribution in [0.1, 0.15) is 11.3 Å². The van der Waals surface area contributed by atoms with Crippen molar-refractivity contribution in [2.75, 3.05) is 18.9 Å². The summed E-state index contributed by atoms with van der Waals surface area (Å²) in [4.78, 5) is 16.9. The molecule has 0 aliphatic heterocycles. The maximum absolute atomic E-state index is 9.96. The van der Waals surface area contributed by atoms with Crippen molar-refractivity contribution in [3.05, 3.63) is 75.7 Å². The number of nitrogens with zero attached hydrogens (tertiary/aromatic N) is 5. The molecule has 3 N–H and O–H groups in total. The molecule has 0 amide bonds. The SMILES string of the molecule is [C-]#[N+]c1c(N)nc(SCc2csc(-c3ccc(Cl)cc3)n2)c(C#N)c1-c1ccc(OCCO)cn1. The number of hydrogen-bond acceptors (Lipinski definition) is 9. The van der Waals surface area contributed by atoms with Crippen molar-refractivity contribution in [3.63, 3.8) is 0 Å². The van der Waals surface area contributed by atoms with Gasteiger partial charge in [0.1, 0.15) is 34.3 Å². The summed E-state index contributed by atoms with van der Waals surface area (Å²) in [5, 5.41) is 22.8. The minimum atomic E-state index is -0.121. The van der Waals surface area contributed by atoms with Crippen molar-refractivity contribution >= 4 is 46.2 Å². The van der Waals surface area contributed by atoms with E-state index in [1.165, 1.54) is 29.3 Å². The molecular formula is C24H17ClN6O2S2. The lowest BCUT2D eigenvalue weighted by Gasteiger charge is -2.13. The molecule has 0 radical (unpaired) electrons. The van der Waals surface area contributed by atoms with Crippen LogP contribution in [0.3, 0.4) is 0 Å². The Bertz CT molecular complexity index is 1430. The summed E-state index contributed by atoms with van der Waals surface area (Å²) < 4.78 is 5.34. The lowest BCUT2D eigenvalue weighted by atomic mass is 10.0. The lowest BCUT2D eigenvalue weighted by Crippen LogP contribution is -2.03. The molecule has 3 aromatic heterocycles. The molecule has 0 saturated carbocycles. The first-order chi connectivity index (χ1) is 17.0. The normalized spacial score (nSPS) is 10.5. The first-order valence-electron chi connectivity index (χ1n) is 10.2. The standard InChI is InChI=1S/C24H17ClN6O2S2/c1-28-21-20(19-7-6-17(11-29-19)33-9-8-32)18(10-26)24(31-22(21)27)35-13-16-12-34-23(30-16)14-2-4-15(25)5-3-14/h2-7,11-12,32H,8-9,13H2,(H2,27,31). The zero-order chi connectivity index (χ0) is 24.8. The van der Waals surface area contributed by atoms with E-state index < -0.39 is 0 Å². The minimum Gasteiger partial charge on any atom is -0.490 e. The van der Waals surface area contributed by atoms with Crippen molar-refractivity contribution < 1.29 is 9.84 Å². The molecule has 1 aromatic carbocycles. The highest BCUT2D eigenvalue weighted by Gasteiger charge is 2.22. The Labute approximate surface area is 214 Å². The molecule has 0 spiro atoms. The number of benzene rings is 1. The predicted molar refractivity (Wildman–Crippen MR) is 138 cm³/mol. The number of halogens is 1. The molecule has 0 aliphatic rings. The molecule has 0 saturated heterocycles. The molecule has 4 aromatic rings. The maximum Gasteiger partial charge on any atom is 0.238 e. The van der Waals surface area contributed by atoms with Gasteiger partial charge in [-0.1, -0.05) is 35.5 Å². The van der Waals surface area contributed by atoms with E-state index in [4.69, 9.17) is 33.8 Å². The van der Waals surface area contributed by atoms with E-state index in [0.717, 1.165) is 16.3 Å². The summed E-state index contributed by atoms with van der Waals surface area (Å²) in [7, 11) is 0. The Balaban J connectivity index is 1.63. The monoisotopic (exact) mass is 520 g/mol. The molecule has 0 fully saturated rings.